The summed E-state index contributed by atoms with van der Waals surface area (Å²) in [5, 5.41) is 20.7. The highest BCUT2D eigenvalue weighted by molar-refractivity contribution is 5.93. The van der Waals surface area contributed by atoms with Crippen molar-refractivity contribution in [2.75, 3.05) is 0 Å². The van der Waals surface area contributed by atoms with Gasteiger partial charge in [0.05, 0.1) is 5.56 Å². The lowest BCUT2D eigenvalue weighted by Crippen LogP contribution is -2.65. The van der Waals surface area contributed by atoms with Gasteiger partial charge in [-0.1, -0.05) is 61.0 Å². The first-order chi connectivity index (χ1) is 20.7. The maximum atomic E-state index is 15.2. The number of fused-ring (bicyclic) bond motifs is 4. The smallest absolute Gasteiger partial charge is 0.456 e. The fraction of sp³-hybridized carbons (Fsp3) is 0.429. The molecule has 9 heteroatoms. The Morgan fingerprint density at radius 1 is 0.955 bits per heavy atom. The van der Waals surface area contributed by atoms with Crippen LogP contribution < -0.4 is 0 Å². The second-order valence-corrected chi connectivity index (χ2v) is 12.9. The molecule has 2 unspecified atom stereocenters. The molecular formula is C35H33F5O4. The van der Waals surface area contributed by atoms with Gasteiger partial charge >= 0.3 is 18.1 Å². The number of carboxylic acids is 1. The fourth-order valence-corrected chi connectivity index (χ4v) is 8.52. The monoisotopic (exact) mass is 612 g/mol. The molecule has 0 heterocycles. The molecule has 2 saturated carbocycles. The van der Waals surface area contributed by atoms with Crippen LogP contribution in [0.25, 0.3) is 12.2 Å². The molecule has 2 fully saturated rings. The van der Waals surface area contributed by atoms with E-state index in [1.54, 1.807) is 36.4 Å². The van der Waals surface area contributed by atoms with Crippen molar-refractivity contribution in [1.29, 1.82) is 0 Å². The van der Waals surface area contributed by atoms with Crippen LogP contribution in [0, 0.1) is 17.3 Å². The first-order valence-corrected chi connectivity index (χ1v) is 14.9. The van der Waals surface area contributed by atoms with Crippen molar-refractivity contribution >= 4 is 23.9 Å². The number of carbonyl (C=O) groups is 2. The number of alkyl halides is 5. The van der Waals surface area contributed by atoms with E-state index in [2.05, 4.69) is 0 Å². The summed E-state index contributed by atoms with van der Waals surface area (Å²) < 4.78 is 71.7. The minimum absolute atomic E-state index is 0.0325. The minimum Gasteiger partial charge on any atom is -0.478 e. The summed E-state index contributed by atoms with van der Waals surface area (Å²) in [5.74, 6) is -7.62. The lowest BCUT2D eigenvalue weighted by Gasteiger charge is -2.56. The summed E-state index contributed by atoms with van der Waals surface area (Å²) in [7, 11) is 0. The molecule has 0 radical (unpaired) electrons. The molecule has 2 aromatic carbocycles. The summed E-state index contributed by atoms with van der Waals surface area (Å²) in [6, 6.07) is 13.8. The van der Waals surface area contributed by atoms with Gasteiger partial charge in [0.15, 0.2) is 5.78 Å². The summed E-state index contributed by atoms with van der Waals surface area (Å²) in [4.78, 5) is 23.5. The number of carbonyl (C=O) groups excluding carboxylic acids is 1. The third kappa shape index (κ3) is 4.66. The molecule has 232 valence electrons. The molecule has 0 bridgehead atoms. The summed E-state index contributed by atoms with van der Waals surface area (Å²) in [5.41, 5.74) is 0.409. The van der Waals surface area contributed by atoms with Gasteiger partial charge in [0.2, 0.25) is 0 Å². The van der Waals surface area contributed by atoms with Crippen LogP contribution in [0.5, 0.6) is 0 Å². The Morgan fingerprint density at radius 2 is 1.66 bits per heavy atom. The van der Waals surface area contributed by atoms with E-state index in [1.807, 2.05) is 24.3 Å². The average Bonchev–Trinajstić information content (AvgIpc) is 3.26. The standard InChI is InChI=1S/C35H33F5O4/c1-32-19-28(22-9-7-20(8-10-22)5-6-21-3-2-4-24(17-21)31(42)43)30-26-14-12-25(41)18-23(26)11-13-27(30)29(32)15-16-33(32,44)34(36,37)35(38,39)40/h2-10,17-18,27-29,44H,11-16,19H2,1H3,(H,42,43)/b6-5-/t27?,28-,29?,32+,33+/m1/s1. The van der Waals surface area contributed by atoms with E-state index < -0.39 is 47.3 Å². The molecule has 4 aliphatic rings. The lowest BCUT2D eigenvalue weighted by molar-refractivity contribution is -0.362. The van der Waals surface area contributed by atoms with E-state index in [0.717, 1.165) is 27.8 Å². The van der Waals surface area contributed by atoms with E-state index in [-0.39, 0.29) is 30.1 Å². The molecule has 4 aliphatic carbocycles. The summed E-state index contributed by atoms with van der Waals surface area (Å²) in [6.07, 6.45) is 0.605. The van der Waals surface area contributed by atoms with Crippen LogP contribution in [0.15, 0.2) is 71.3 Å². The SMILES string of the molecule is C[C@]12C[C@H](c3ccc(/C=C\c4cccc(C(=O)O)c4)cc3)C3=C4CCC(=O)C=C4CCC3C1CC[C@@]2(O)C(F)(F)C(F)(F)F. The van der Waals surface area contributed by atoms with Crippen LogP contribution in [-0.4, -0.2) is 39.7 Å². The molecule has 0 amide bonds. The number of rotatable bonds is 5. The van der Waals surface area contributed by atoms with Crippen LogP contribution in [0.3, 0.4) is 0 Å². The number of aliphatic hydroxyl groups is 1. The second-order valence-electron chi connectivity index (χ2n) is 12.9. The van der Waals surface area contributed by atoms with E-state index >= 15 is 8.78 Å². The summed E-state index contributed by atoms with van der Waals surface area (Å²) >= 11 is 0. The zero-order chi connectivity index (χ0) is 31.7. The molecule has 0 aliphatic heterocycles. The Hall–Kier alpha value is -3.59. The van der Waals surface area contributed by atoms with E-state index in [9.17, 15) is 33.0 Å². The zero-order valence-corrected chi connectivity index (χ0v) is 24.1. The van der Waals surface area contributed by atoms with Crippen LogP contribution in [-0.2, 0) is 4.79 Å². The van der Waals surface area contributed by atoms with Crippen molar-refractivity contribution in [2.24, 2.45) is 17.3 Å². The van der Waals surface area contributed by atoms with Gasteiger partial charge in [-0.25, -0.2) is 4.79 Å². The molecule has 2 N–H and O–H groups in total. The molecule has 2 aromatic rings. The van der Waals surface area contributed by atoms with E-state index in [1.165, 1.54) is 13.0 Å². The van der Waals surface area contributed by atoms with Gasteiger partial charge in [-0.15, -0.1) is 0 Å². The Balaban J connectivity index is 1.41. The number of allylic oxidation sites excluding steroid dienone is 4. The average molecular weight is 613 g/mol. The number of aromatic carboxylic acids is 1. The van der Waals surface area contributed by atoms with Gasteiger partial charge < -0.3 is 10.2 Å². The molecular weight excluding hydrogens is 579 g/mol. The van der Waals surface area contributed by atoms with Gasteiger partial charge in [0, 0.05) is 17.8 Å². The van der Waals surface area contributed by atoms with Crippen LogP contribution in [0.1, 0.15) is 84.8 Å². The predicted molar refractivity (Wildman–Crippen MR) is 155 cm³/mol. The van der Waals surface area contributed by atoms with Crippen molar-refractivity contribution in [3.63, 3.8) is 0 Å². The Labute approximate surface area is 252 Å². The molecule has 0 saturated heterocycles. The van der Waals surface area contributed by atoms with Gasteiger partial charge in [-0.3, -0.25) is 4.79 Å². The van der Waals surface area contributed by atoms with Crippen molar-refractivity contribution < 1.29 is 41.8 Å². The van der Waals surface area contributed by atoms with Gasteiger partial charge in [0.1, 0.15) is 5.60 Å². The zero-order valence-electron chi connectivity index (χ0n) is 24.1. The van der Waals surface area contributed by atoms with Gasteiger partial charge in [0.25, 0.3) is 0 Å². The van der Waals surface area contributed by atoms with E-state index in [4.69, 9.17) is 0 Å². The van der Waals surface area contributed by atoms with Gasteiger partial charge in [-0.2, -0.15) is 22.0 Å². The second kappa shape index (κ2) is 10.5. The number of benzene rings is 2. The number of halogens is 5. The third-order valence-electron chi connectivity index (χ3n) is 10.7. The molecule has 4 nitrogen and oxygen atoms in total. The molecule has 5 atom stereocenters. The predicted octanol–water partition coefficient (Wildman–Crippen LogP) is 8.38. The molecule has 0 aromatic heterocycles. The van der Waals surface area contributed by atoms with Crippen LogP contribution in [0.4, 0.5) is 22.0 Å². The maximum Gasteiger partial charge on any atom is 0.456 e. The van der Waals surface area contributed by atoms with Crippen molar-refractivity contribution in [3.8, 4) is 0 Å². The molecule has 0 spiro atoms. The number of carboxylic acid groups (broad SMARTS) is 1. The highest BCUT2D eigenvalue weighted by Crippen LogP contribution is 2.70. The highest BCUT2D eigenvalue weighted by Gasteiger charge is 2.79. The Morgan fingerprint density at radius 3 is 2.34 bits per heavy atom. The Bertz CT molecular complexity index is 1600. The molecule has 6 rings (SSSR count). The quantitative estimate of drug-likeness (QED) is 0.263. The number of hydrogen-bond acceptors (Lipinski definition) is 3. The lowest BCUT2D eigenvalue weighted by atomic mass is 9.50. The topological polar surface area (TPSA) is 74.6 Å². The van der Waals surface area contributed by atoms with Crippen molar-refractivity contribution in [3.05, 3.63) is 93.6 Å². The maximum absolute atomic E-state index is 15.2. The highest BCUT2D eigenvalue weighted by atomic mass is 19.4. The summed E-state index contributed by atoms with van der Waals surface area (Å²) in [6.45, 7) is 1.41. The van der Waals surface area contributed by atoms with Crippen molar-refractivity contribution in [2.45, 2.75) is 75.5 Å². The van der Waals surface area contributed by atoms with E-state index in [0.29, 0.717) is 31.2 Å². The van der Waals surface area contributed by atoms with Crippen LogP contribution >= 0.6 is 0 Å². The number of hydrogen-bond donors (Lipinski definition) is 2. The minimum atomic E-state index is -5.89. The molecule has 44 heavy (non-hydrogen) atoms. The first-order valence-electron chi connectivity index (χ1n) is 14.9. The van der Waals surface area contributed by atoms with Crippen LogP contribution in [0.2, 0.25) is 0 Å². The fourth-order valence-electron chi connectivity index (χ4n) is 8.52. The van der Waals surface area contributed by atoms with Crippen molar-refractivity contribution in [1.82, 2.24) is 0 Å². The van der Waals surface area contributed by atoms with Gasteiger partial charge in [-0.05, 0) is 96.4 Å². The Kier molecular flexibility index (Phi) is 7.26. The normalized spacial score (nSPS) is 30.6. The largest absolute Gasteiger partial charge is 0.478 e. The third-order valence-corrected chi connectivity index (χ3v) is 10.7. The first kappa shape index (κ1) is 30.4. The number of ketones is 1.